The summed E-state index contributed by atoms with van der Waals surface area (Å²) in [5.74, 6) is -28.4. The molecule has 14 heteroatoms. The third-order valence-corrected chi connectivity index (χ3v) is 3.87. The second kappa shape index (κ2) is 3.69. The van der Waals surface area contributed by atoms with Crippen LogP contribution in [-0.2, 0) is 10.1 Å². The van der Waals surface area contributed by atoms with E-state index in [4.69, 9.17) is 4.55 Å². The zero-order chi connectivity index (χ0) is 16.6. The molecule has 0 spiro atoms. The van der Waals surface area contributed by atoms with Gasteiger partial charge in [-0.25, -0.2) is 8.78 Å². The lowest BCUT2D eigenvalue weighted by molar-refractivity contribution is -0.429. The number of halogens is 10. The summed E-state index contributed by atoms with van der Waals surface area (Å²) < 4.78 is 156. The third kappa shape index (κ3) is 1.43. The standard InChI is InChI=1S/C6H2F10O3S/c7-1-2(8,9)4(11,12)6(15,16)5(13,14)3(1,10)20(17,18)19/h1H,(H,17,18,19). The van der Waals surface area contributed by atoms with Gasteiger partial charge in [0.25, 0.3) is 0 Å². The van der Waals surface area contributed by atoms with E-state index in [1.54, 1.807) is 0 Å². The fourth-order valence-corrected chi connectivity index (χ4v) is 2.33. The molecule has 0 aromatic rings. The van der Waals surface area contributed by atoms with Gasteiger partial charge in [-0.05, 0) is 0 Å². The van der Waals surface area contributed by atoms with Crippen LogP contribution in [-0.4, -0.2) is 47.8 Å². The van der Waals surface area contributed by atoms with Crippen LogP contribution in [0.5, 0.6) is 0 Å². The molecule has 0 bridgehead atoms. The van der Waals surface area contributed by atoms with Gasteiger partial charge in [-0.1, -0.05) is 0 Å². The molecule has 2 atom stereocenters. The Bertz CT molecular complexity index is 527. The molecule has 1 N–H and O–H groups in total. The summed E-state index contributed by atoms with van der Waals surface area (Å²) in [5.41, 5.74) is 0. The molecule has 0 heterocycles. The monoisotopic (exact) mass is 344 g/mol. The van der Waals surface area contributed by atoms with Crippen LogP contribution in [0, 0.1) is 0 Å². The molecule has 0 aromatic heterocycles. The second-order valence-corrected chi connectivity index (χ2v) is 5.37. The molecule has 0 radical (unpaired) electrons. The average Bonchev–Trinajstić information content (AvgIpc) is 2.22. The van der Waals surface area contributed by atoms with Gasteiger partial charge in [0.05, 0.1) is 0 Å². The van der Waals surface area contributed by atoms with Gasteiger partial charge >= 0.3 is 38.8 Å². The van der Waals surface area contributed by atoms with E-state index in [1.165, 1.54) is 0 Å². The van der Waals surface area contributed by atoms with E-state index in [2.05, 4.69) is 0 Å². The van der Waals surface area contributed by atoms with E-state index in [1.807, 2.05) is 0 Å². The van der Waals surface area contributed by atoms with Crippen molar-refractivity contribution in [3.05, 3.63) is 0 Å². The molecule has 2 unspecified atom stereocenters. The van der Waals surface area contributed by atoms with Gasteiger partial charge in [0.2, 0.25) is 6.17 Å². The maximum absolute atomic E-state index is 13.3. The van der Waals surface area contributed by atoms with Gasteiger partial charge in [-0.15, -0.1) is 0 Å². The lowest BCUT2D eigenvalue weighted by atomic mass is 9.82. The van der Waals surface area contributed by atoms with E-state index in [9.17, 15) is 52.3 Å². The van der Waals surface area contributed by atoms with Crippen LogP contribution in [0.2, 0.25) is 0 Å². The number of alkyl halides is 10. The summed E-state index contributed by atoms with van der Waals surface area (Å²) in [5, 5.41) is -6.66. The Morgan fingerprint density at radius 1 is 0.750 bits per heavy atom. The normalized spacial score (nSPS) is 38.5. The molecule has 0 aliphatic heterocycles. The van der Waals surface area contributed by atoms with Crippen molar-refractivity contribution >= 4 is 10.1 Å². The summed E-state index contributed by atoms with van der Waals surface area (Å²) in [6.07, 6.45) is -5.64. The van der Waals surface area contributed by atoms with Crippen molar-refractivity contribution in [2.45, 2.75) is 34.9 Å². The Morgan fingerprint density at radius 3 is 1.40 bits per heavy atom. The highest BCUT2D eigenvalue weighted by Crippen LogP contribution is 2.65. The fourth-order valence-electron chi connectivity index (χ4n) is 1.46. The minimum Gasteiger partial charge on any atom is -0.283 e. The summed E-state index contributed by atoms with van der Waals surface area (Å²) in [6, 6.07) is 0. The zero-order valence-corrected chi connectivity index (χ0v) is 9.35. The first-order valence-electron chi connectivity index (χ1n) is 4.22. The van der Waals surface area contributed by atoms with Crippen molar-refractivity contribution in [3.8, 4) is 0 Å². The Hall–Kier alpha value is -0.790. The average molecular weight is 344 g/mol. The van der Waals surface area contributed by atoms with Crippen molar-refractivity contribution in [3.63, 3.8) is 0 Å². The molecule has 0 aromatic carbocycles. The summed E-state index contributed by atoms with van der Waals surface area (Å²) in [4.78, 5) is 0. The Kier molecular flexibility index (Phi) is 3.19. The van der Waals surface area contributed by atoms with E-state index in [0.29, 0.717) is 0 Å². The summed E-state index contributed by atoms with van der Waals surface area (Å²) in [7, 11) is -7.26. The SMILES string of the molecule is O=S(=O)(O)C1(F)C(F)C(F)(F)C(F)(F)C(F)(F)C1(F)F. The van der Waals surface area contributed by atoms with Crippen molar-refractivity contribution in [2.75, 3.05) is 0 Å². The van der Waals surface area contributed by atoms with Crippen LogP contribution in [0.4, 0.5) is 43.9 Å². The van der Waals surface area contributed by atoms with Gasteiger partial charge in [0, 0.05) is 0 Å². The van der Waals surface area contributed by atoms with Crippen LogP contribution >= 0.6 is 0 Å². The van der Waals surface area contributed by atoms with E-state index < -0.39 is 45.0 Å². The highest BCUT2D eigenvalue weighted by molar-refractivity contribution is 7.87. The van der Waals surface area contributed by atoms with E-state index >= 15 is 0 Å². The molecule has 120 valence electrons. The number of rotatable bonds is 1. The van der Waals surface area contributed by atoms with Crippen LogP contribution in [0.15, 0.2) is 0 Å². The first-order chi connectivity index (χ1) is 8.40. The molecule has 1 fully saturated rings. The zero-order valence-electron chi connectivity index (χ0n) is 8.53. The maximum atomic E-state index is 13.3. The van der Waals surface area contributed by atoms with E-state index in [0.717, 1.165) is 0 Å². The molecule has 1 aliphatic rings. The minimum absolute atomic E-state index is 5.64. The van der Waals surface area contributed by atoms with Gasteiger partial charge < -0.3 is 0 Å². The molecule has 1 saturated carbocycles. The highest BCUT2D eigenvalue weighted by Gasteiger charge is 2.98. The minimum atomic E-state index is -7.30. The second-order valence-electron chi connectivity index (χ2n) is 3.83. The van der Waals surface area contributed by atoms with Crippen LogP contribution < -0.4 is 0 Å². The van der Waals surface area contributed by atoms with E-state index in [-0.39, 0.29) is 0 Å². The fraction of sp³-hybridized carbons (Fsp3) is 1.00. The Morgan fingerprint density at radius 2 is 1.10 bits per heavy atom. The molecule has 3 nitrogen and oxygen atoms in total. The quantitative estimate of drug-likeness (QED) is 0.587. The lowest BCUT2D eigenvalue weighted by Crippen LogP contribution is -2.81. The van der Waals surface area contributed by atoms with Crippen molar-refractivity contribution in [1.82, 2.24) is 0 Å². The molecule has 1 aliphatic carbocycles. The van der Waals surface area contributed by atoms with Crippen molar-refractivity contribution < 1.29 is 56.9 Å². The van der Waals surface area contributed by atoms with Gasteiger partial charge in [-0.3, -0.25) is 4.55 Å². The smallest absolute Gasteiger partial charge is 0.283 e. The van der Waals surface area contributed by atoms with Crippen LogP contribution in [0.3, 0.4) is 0 Å². The highest BCUT2D eigenvalue weighted by atomic mass is 32.2. The van der Waals surface area contributed by atoms with Crippen molar-refractivity contribution in [2.24, 2.45) is 0 Å². The largest absolute Gasteiger partial charge is 0.383 e. The predicted octanol–water partition coefficient (Wildman–Crippen LogP) is 2.43. The molecule has 20 heavy (non-hydrogen) atoms. The van der Waals surface area contributed by atoms with Gasteiger partial charge in [0.1, 0.15) is 0 Å². The Balaban J connectivity index is 3.85. The molecule has 1 rings (SSSR count). The number of hydrogen-bond acceptors (Lipinski definition) is 2. The maximum Gasteiger partial charge on any atom is 0.383 e. The molecular formula is C6H2F10O3S. The first-order valence-corrected chi connectivity index (χ1v) is 5.66. The third-order valence-electron chi connectivity index (χ3n) is 2.66. The lowest BCUT2D eigenvalue weighted by Gasteiger charge is -2.48. The molecule has 0 saturated heterocycles. The van der Waals surface area contributed by atoms with Crippen LogP contribution in [0.25, 0.3) is 0 Å². The topological polar surface area (TPSA) is 54.4 Å². The van der Waals surface area contributed by atoms with Gasteiger partial charge in [0.15, 0.2) is 0 Å². The van der Waals surface area contributed by atoms with Gasteiger partial charge in [-0.2, -0.15) is 43.5 Å². The van der Waals surface area contributed by atoms with Crippen LogP contribution in [0.1, 0.15) is 0 Å². The Labute approximate surface area is 103 Å². The summed E-state index contributed by atoms with van der Waals surface area (Å²) >= 11 is 0. The van der Waals surface area contributed by atoms with Crippen molar-refractivity contribution in [1.29, 1.82) is 0 Å². The first kappa shape index (κ1) is 17.3. The summed E-state index contributed by atoms with van der Waals surface area (Å²) in [6.45, 7) is 0. The predicted molar refractivity (Wildman–Crippen MR) is 40.1 cm³/mol. The molecule has 0 amide bonds. The molecular weight excluding hydrogens is 342 g/mol. The number of hydrogen-bond donors (Lipinski definition) is 1.